The fourth-order valence-electron chi connectivity index (χ4n) is 2.72. The van der Waals surface area contributed by atoms with Crippen molar-refractivity contribution in [3.05, 3.63) is 75.7 Å². The Kier molecular flexibility index (Phi) is 4.98. The Balaban J connectivity index is 1.69. The number of hydrogen-bond acceptors (Lipinski definition) is 3. The molecular formula is C19H16F3N3O2. The van der Waals surface area contributed by atoms with Gasteiger partial charge in [0.05, 0.1) is 16.6 Å². The summed E-state index contributed by atoms with van der Waals surface area (Å²) in [5.74, 6) is -0.459. The van der Waals surface area contributed by atoms with Crippen LogP contribution in [-0.2, 0) is 24.1 Å². The second kappa shape index (κ2) is 7.22. The maximum Gasteiger partial charge on any atom is 0.416 e. The van der Waals surface area contributed by atoms with Crippen molar-refractivity contribution in [2.24, 2.45) is 0 Å². The topological polar surface area (TPSA) is 64.0 Å². The van der Waals surface area contributed by atoms with Gasteiger partial charge in [-0.3, -0.25) is 9.59 Å². The maximum atomic E-state index is 12.5. The van der Waals surface area contributed by atoms with Gasteiger partial charge in [0.15, 0.2) is 0 Å². The summed E-state index contributed by atoms with van der Waals surface area (Å²) in [5.41, 5.74) is 0.0212. The third-order valence-corrected chi connectivity index (χ3v) is 4.12. The fraction of sp³-hybridized carbons (Fsp3) is 0.211. The fourth-order valence-corrected chi connectivity index (χ4v) is 2.72. The number of rotatable bonds is 4. The Hall–Kier alpha value is -3.16. The summed E-state index contributed by atoms with van der Waals surface area (Å²) >= 11 is 0. The van der Waals surface area contributed by atoms with Crippen LogP contribution in [-0.4, -0.2) is 15.7 Å². The lowest BCUT2D eigenvalue weighted by atomic mass is 10.1. The zero-order valence-electron chi connectivity index (χ0n) is 14.4. The van der Waals surface area contributed by atoms with E-state index in [1.807, 2.05) is 0 Å². The summed E-state index contributed by atoms with van der Waals surface area (Å²) < 4.78 is 38.7. The average molecular weight is 375 g/mol. The van der Waals surface area contributed by atoms with Crippen LogP contribution in [0.25, 0.3) is 10.8 Å². The Morgan fingerprint density at radius 1 is 1.07 bits per heavy atom. The first-order valence-electron chi connectivity index (χ1n) is 8.15. The molecule has 0 unspecified atom stereocenters. The molecule has 0 aliphatic heterocycles. The summed E-state index contributed by atoms with van der Waals surface area (Å²) in [4.78, 5) is 24.6. The lowest BCUT2D eigenvalue weighted by Crippen LogP contribution is -2.33. The van der Waals surface area contributed by atoms with Gasteiger partial charge in [-0.2, -0.15) is 18.3 Å². The van der Waals surface area contributed by atoms with Crippen LogP contribution >= 0.6 is 0 Å². The monoisotopic (exact) mass is 375 g/mol. The molecule has 0 aliphatic rings. The highest BCUT2D eigenvalue weighted by molar-refractivity contribution is 5.83. The van der Waals surface area contributed by atoms with E-state index in [0.717, 1.165) is 22.2 Å². The Bertz CT molecular complexity index is 1040. The minimum absolute atomic E-state index is 0.0539. The molecule has 0 atom stereocenters. The van der Waals surface area contributed by atoms with Crippen LogP contribution in [0.3, 0.4) is 0 Å². The second-order valence-electron chi connectivity index (χ2n) is 6.07. The number of carbonyl (C=O) groups is 1. The van der Waals surface area contributed by atoms with Gasteiger partial charge in [-0.05, 0) is 30.7 Å². The zero-order chi connectivity index (χ0) is 19.6. The zero-order valence-corrected chi connectivity index (χ0v) is 14.4. The summed E-state index contributed by atoms with van der Waals surface area (Å²) in [6.07, 6.45) is -4.40. The van der Waals surface area contributed by atoms with Crippen molar-refractivity contribution in [3.8, 4) is 0 Å². The Morgan fingerprint density at radius 2 is 1.70 bits per heavy atom. The van der Waals surface area contributed by atoms with Crippen LogP contribution in [0.1, 0.15) is 16.8 Å². The molecule has 0 bridgehead atoms. The van der Waals surface area contributed by atoms with Crippen molar-refractivity contribution in [2.75, 3.05) is 0 Å². The third-order valence-electron chi connectivity index (χ3n) is 4.12. The van der Waals surface area contributed by atoms with Crippen LogP contribution in [0.5, 0.6) is 0 Å². The van der Waals surface area contributed by atoms with E-state index in [-0.39, 0.29) is 18.6 Å². The predicted octanol–water partition coefficient (Wildman–Crippen LogP) is 3.04. The van der Waals surface area contributed by atoms with Gasteiger partial charge in [-0.1, -0.05) is 30.3 Å². The molecule has 0 saturated heterocycles. The molecule has 3 aromatic rings. The highest BCUT2D eigenvalue weighted by Crippen LogP contribution is 2.29. The summed E-state index contributed by atoms with van der Waals surface area (Å²) in [6, 6.07) is 11.5. The summed E-state index contributed by atoms with van der Waals surface area (Å²) in [6.45, 7) is 1.53. The number of nitrogens with zero attached hydrogens (tertiary/aromatic N) is 2. The largest absolute Gasteiger partial charge is 0.416 e. The molecule has 27 heavy (non-hydrogen) atoms. The molecule has 1 heterocycles. The van der Waals surface area contributed by atoms with Gasteiger partial charge in [0.25, 0.3) is 5.56 Å². The number of alkyl halides is 3. The number of hydrogen-bond donors (Lipinski definition) is 1. The molecule has 0 saturated carbocycles. The van der Waals surface area contributed by atoms with Gasteiger partial charge in [0.1, 0.15) is 6.54 Å². The van der Waals surface area contributed by atoms with Crippen LogP contribution < -0.4 is 10.9 Å². The molecule has 1 N–H and O–H groups in total. The van der Waals surface area contributed by atoms with Gasteiger partial charge >= 0.3 is 6.18 Å². The molecule has 8 heteroatoms. The number of amides is 1. The number of aromatic nitrogens is 2. The molecule has 0 aliphatic carbocycles. The molecule has 3 rings (SSSR count). The Labute approximate surface area is 152 Å². The SMILES string of the molecule is Cc1nn(CC(=O)NCc2ccc(C(F)(F)F)cc2)c(=O)c2ccccc12. The van der Waals surface area contributed by atoms with E-state index in [4.69, 9.17) is 0 Å². The van der Waals surface area contributed by atoms with E-state index < -0.39 is 17.6 Å². The van der Waals surface area contributed by atoms with E-state index >= 15 is 0 Å². The number of fused-ring (bicyclic) bond motifs is 1. The van der Waals surface area contributed by atoms with Crippen LogP contribution in [0, 0.1) is 6.92 Å². The molecular weight excluding hydrogens is 359 g/mol. The van der Waals surface area contributed by atoms with Crippen molar-refractivity contribution in [2.45, 2.75) is 26.2 Å². The molecule has 1 aromatic heterocycles. The molecule has 2 aromatic carbocycles. The van der Waals surface area contributed by atoms with Crippen molar-refractivity contribution in [3.63, 3.8) is 0 Å². The van der Waals surface area contributed by atoms with E-state index in [1.165, 1.54) is 12.1 Å². The lowest BCUT2D eigenvalue weighted by molar-refractivity contribution is -0.137. The van der Waals surface area contributed by atoms with Crippen molar-refractivity contribution >= 4 is 16.7 Å². The molecule has 5 nitrogen and oxygen atoms in total. The first-order valence-corrected chi connectivity index (χ1v) is 8.15. The maximum absolute atomic E-state index is 12.5. The molecule has 0 fully saturated rings. The number of halogens is 3. The van der Waals surface area contributed by atoms with Gasteiger partial charge < -0.3 is 5.32 Å². The van der Waals surface area contributed by atoms with Crippen LogP contribution in [0.15, 0.2) is 53.3 Å². The highest BCUT2D eigenvalue weighted by atomic mass is 19.4. The van der Waals surface area contributed by atoms with Crippen molar-refractivity contribution < 1.29 is 18.0 Å². The smallest absolute Gasteiger partial charge is 0.350 e. The van der Waals surface area contributed by atoms with Crippen molar-refractivity contribution in [1.29, 1.82) is 0 Å². The van der Waals surface area contributed by atoms with Crippen LogP contribution in [0.2, 0.25) is 0 Å². The Morgan fingerprint density at radius 3 is 2.33 bits per heavy atom. The molecule has 1 amide bonds. The predicted molar refractivity (Wildman–Crippen MR) is 94.0 cm³/mol. The van der Waals surface area contributed by atoms with Gasteiger partial charge in [0, 0.05) is 11.9 Å². The highest BCUT2D eigenvalue weighted by Gasteiger charge is 2.29. The van der Waals surface area contributed by atoms with Crippen molar-refractivity contribution in [1.82, 2.24) is 15.1 Å². The third kappa shape index (κ3) is 4.16. The number of aryl methyl sites for hydroxylation is 1. The van der Waals surface area contributed by atoms with E-state index in [2.05, 4.69) is 10.4 Å². The number of nitrogens with one attached hydrogen (secondary N) is 1. The average Bonchev–Trinajstić information content (AvgIpc) is 2.64. The second-order valence-corrected chi connectivity index (χ2v) is 6.07. The van der Waals surface area contributed by atoms with Crippen LogP contribution in [0.4, 0.5) is 13.2 Å². The normalized spacial score (nSPS) is 11.6. The standard InChI is InChI=1S/C19H16F3N3O2/c1-12-15-4-2-3-5-16(15)18(27)25(24-12)11-17(26)23-10-13-6-8-14(9-7-13)19(20,21)22/h2-9H,10-11H2,1H3,(H,23,26). The first kappa shape index (κ1) is 18.6. The number of carbonyl (C=O) groups excluding carboxylic acids is 1. The lowest BCUT2D eigenvalue weighted by Gasteiger charge is -2.10. The molecule has 0 spiro atoms. The van der Waals surface area contributed by atoms with E-state index in [9.17, 15) is 22.8 Å². The molecule has 140 valence electrons. The number of benzene rings is 2. The summed E-state index contributed by atoms with van der Waals surface area (Å²) in [7, 11) is 0. The quantitative estimate of drug-likeness (QED) is 0.762. The van der Waals surface area contributed by atoms with E-state index in [1.54, 1.807) is 31.2 Å². The minimum atomic E-state index is -4.40. The molecule has 0 radical (unpaired) electrons. The summed E-state index contributed by atoms with van der Waals surface area (Å²) in [5, 5.41) is 7.93. The van der Waals surface area contributed by atoms with Gasteiger partial charge in [-0.15, -0.1) is 0 Å². The minimum Gasteiger partial charge on any atom is -0.350 e. The first-order chi connectivity index (χ1) is 12.8. The van der Waals surface area contributed by atoms with E-state index in [0.29, 0.717) is 16.6 Å². The van der Waals surface area contributed by atoms with Gasteiger partial charge in [-0.25, -0.2) is 4.68 Å². The van der Waals surface area contributed by atoms with Gasteiger partial charge in [0.2, 0.25) is 5.91 Å².